The van der Waals surface area contributed by atoms with Gasteiger partial charge in [-0.15, -0.1) is 0 Å². The van der Waals surface area contributed by atoms with E-state index in [1.165, 1.54) is 17.7 Å². The van der Waals surface area contributed by atoms with Crippen molar-refractivity contribution in [1.82, 2.24) is 4.90 Å². The van der Waals surface area contributed by atoms with Gasteiger partial charge in [-0.25, -0.2) is 4.39 Å². The molecule has 6 heteroatoms. The fourth-order valence-electron chi connectivity index (χ4n) is 3.18. The number of amides is 1. The first-order chi connectivity index (χ1) is 12.7. The van der Waals surface area contributed by atoms with Crippen molar-refractivity contribution in [2.75, 3.05) is 36.9 Å². The first-order valence-electron chi connectivity index (χ1n) is 8.66. The highest BCUT2D eigenvalue weighted by Gasteiger charge is 2.24. The molecule has 26 heavy (non-hydrogen) atoms. The van der Waals surface area contributed by atoms with E-state index in [1.807, 2.05) is 12.1 Å². The van der Waals surface area contributed by atoms with Crippen LogP contribution >= 0.6 is 0 Å². The number of carbonyl (C=O) groups excluding carboxylic acids is 1. The number of hydrogen-bond donors (Lipinski definition) is 2. The lowest BCUT2D eigenvalue weighted by Crippen LogP contribution is -2.35. The van der Waals surface area contributed by atoms with Crippen LogP contribution < -0.4 is 10.6 Å². The van der Waals surface area contributed by atoms with Crippen LogP contribution in [0, 0.1) is 5.82 Å². The minimum absolute atomic E-state index is 0.234. The number of hydrogen-bond acceptors (Lipinski definition) is 4. The third kappa shape index (κ3) is 3.61. The molecule has 2 N–H and O–H groups in total. The molecule has 0 saturated carbocycles. The van der Waals surface area contributed by atoms with Crippen LogP contribution in [0.2, 0.25) is 0 Å². The van der Waals surface area contributed by atoms with Gasteiger partial charge >= 0.3 is 0 Å². The quantitative estimate of drug-likeness (QED) is 0.830. The Morgan fingerprint density at radius 1 is 1.15 bits per heavy atom. The van der Waals surface area contributed by atoms with E-state index in [1.54, 1.807) is 12.3 Å². The normalized spacial score (nSPS) is 18.7. The number of morpholine rings is 1. The van der Waals surface area contributed by atoms with E-state index in [-0.39, 0.29) is 11.7 Å². The van der Waals surface area contributed by atoms with Gasteiger partial charge in [-0.3, -0.25) is 9.69 Å². The first kappa shape index (κ1) is 16.8. The van der Waals surface area contributed by atoms with Crippen molar-refractivity contribution in [1.29, 1.82) is 0 Å². The van der Waals surface area contributed by atoms with Crippen LogP contribution in [-0.2, 0) is 16.1 Å². The SMILES string of the molecule is O=C1Nc2ccc(F)cc2/C1=C/Nc1ccc(CN2CCOCC2)cc1. The van der Waals surface area contributed by atoms with Crippen molar-refractivity contribution in [2.24, 2.45) is 0 Å². The van der Waals surface area contributed by atoms with E-state index in [0.29, 0.717) is 16.8 Å². The fraction of sp³-hybridized carbons (Fsp3) is 0.250. The smallest absolute Gasteiger partial charge is 0.257 e. The standard InChI is InChI=1S/C20H20FN3O2/c21-15-3-6-19-17(11-15)18(20(25)23-19)12-22-16-4-1-14(2-5-16)13-24-7-9-26-10-8-24/h1-6,11-12,22H,7-10,13H2,(H,23,25)/b18-12-. The summed E-state index contributed by atoms with van der Waals surface area (Å²) in [4.78, 5) is 14.4. The van der Waals surface area contributed by atoms with Gasteiger partial charge < -0.3 is 15.4 Å². The number of nitrogens with one attached hydrogen (secondary N) is 2. The van der Waals surface area contributed by atoms with E-state index in [0.717, 1.165) is 38.5 Å². The highest BCUT2D eigenvalue weighted by Crippen LogP contribution is 2.32. The molecule has 1 amide bonds. The monoisotopic (exact) mass is 353 g/mol. The van der Waals surface area contributed by atoms with E-state index in [2.05, 4.69) is 27.7 Å². The Morgan fingerprint density at radius 2 is 1.92 bits per heavy atom. The van der Waals surface area contributed by atoms with Crippen LogP contribution in [0.25, 0.3) is 5.57 Å². The molecule has 2 aromatic carbocycles. The molecule has 0 spiro atoms. The van der Waals surface area contributed by atoms with Crippen LogP contribution in [0.15, 0.2) is 48.7 Å². The summed E-state index contributed by atoms with van der Waals surface area (Å²) in [7, 11) is 0. The summed E-state index contributed by atoms with van der Waals surface area (Å²) in [5, 5.41) is 5.87. The molecule has 0 aromatic heterocycles. The second-order valence-electron chi connectivity index (χ2n) is 6.43. The maximum Gasteiger partial charge on any atom is 0.257 e. The van der Waals surface area contributed by atoms with E-state index in [4.69, 9.17) is 4.74 Å². The molecule has 2 heterocycles. The van der Waals surface area contributed by atoms with Gasteiger partial charge in [0.2, 0.25) is 0 Å². The molecule has 1 fully saturated rings. The predicted octanol–water partition coefficient (Wildman–Crippen LogP) is 3.06. The average Bonchev–Trinajstić information content (AvgIpc) is 2.96. The van der Waals surface area contributed by atoms with Crippen molar-refractivity contribution < 1.29 is 13.9 Å². The number of carbonyl (C=O) groups is 1. The summed E-state index contributed by atoms with van der Waals surface area (Å²) in [5.74, 6) is -0.597. The molecule has 2 aliphatic heterocycles. The maximum absolute atomic E-state index is 13.5. The van der Waals surface area contributed by atoms with Crippen molar-refractivity contribution in [3.63, 3.8) is 0 Å². The predicted molar refractivity (Wildman–Crippen MR) is 99.2 cm³/mol. The third-order valence-electron chi connectivity index (χ3n) is 4.61. The van der Waals surface area contributed by atoms with Gasteiger partial charge in [0.15, 0.2) is 0 Å². The highest BCUT2D eigenvalue weighted by molar-refractivity contribution is 6.31. The topological polar surface area (TPSA) is 53.6 Å². The first-order valence-corrected chi connectivity index (χ1v) is 8.66. The second kappa shape index (κ2) is 7.27. The number of ether oxygens (including phenoxy) is 1. The van der Waals surface area contributed by atoms with Crippen molar-refractivity contribution >= 4 is 22.9 Å². The summed E-state index contributed by atoms with van der Waals surface area (Å²) in [6, 6.07) is 12.4. The molecule has 0 aliphatic carbocycles. The summed E-state index contributed by atoms with van der Waals surface area (Å²) < 4.78 is 18.8. The number of benzene rings is 2. The van der Waals surface area contributed by atoms with Gasteiger partial charge in [0.1, 0.15) is 5.82 Å². The maximum atomic E-state index is 13.5. The molecule has 1 saturated heterocycles. The van der Waals surface area contributed by atoms with Crippen LogP contribution in [0.4, 0.5) is 15.8 Å². The Balaban J connectivity index is 1.44. The van der Waals surface area contributed by atoms with Gasteiger partial charge in [-0.2, -0.15) is 0 Å². The largest absolute Gasteiger partial charge is 0.379 e. The summed E-state index contributed by atoms with van der Waals surface area (Å²) in [6.07, 6.45) is 1.62. The van der Waals surface area contributed by atoms with Crippen molar-refractivity contribution in [3.05, 3.63) is 65.6 Å². The zero-order chi connectivity index (χ0) is 17.9. The van der Waals surface area contributed by atoms with Gasteiger partial charge in [0.25, 0.3) is 5.91 Å². The highest BCUT2D eigenvalue weighted by atomic mass is 19.1. The summed E-state index contributed by atoms with van der Waals surface area (Å²) in [5.41, 5.74) is 3.74. The zero-order valence-corrected chi connectivity index (χ0v) is 14.3. The molecule has 0 radical (unpaired) electrons. The van der Waals surface area contributed by atoms with Crippen LogP contribution in [0.5, 0.6) is 0 Å². The molecule has 0 atom stereocenters. The number of anilines is 2. The molecule has 2 aliphatic rings. The molecule has 134 valence electrons. The van der Waals surface area contributed by atoms with Gasteiger partial charge in [-0.05, 0) is 35.9 Å². The molecular formula is C20H20FN3O2. The van der Waals surface area contributed by atoms with E-state index < -0.39 is 0 Å². The van der Waals surface area contributed by atoms with Crippen molar-refractivity contribution in [3.8, 4) is 0 Å². The molecule has 4 rings (SSSR count). The third-order valence-corrected chi connectivity index (χ3v) is 4.61. The number of fused-ring (bicyclic) bond motifs is 1. The fourth-order valence-corrected chi connectivity index (χ4v) is 3.18. The van der Waals surface area contributed by atoms with Crippen LogP contribution in [0.3, 0.4) is 0 Å². The molecule has 0 unspecified atom stereocenters. The zero-order valence-electron chi connectivity index (χ0n) is 14.3. The Hall–Kier alpha value is -2.70. The lowest BCUT2D eigenvalue weighted by atomic mass is 10.1. The lowest BCUT2D eigenvalue weighted by molar-refractivity contribution is -0.110. The van der Waals surface area contributed by atoms with Gasteiger partial charge in [-0.1, -0.05) is 12.1 Å². The Bertz CT molecular complexity index is 843. The number of rotatable bonds is 4. The number of halogens is 1. The van der Waals surface area contributed by atoms with E-state index in [9.17, 15) is 9.18 Å². The molecule has 2 aromatic rings. The minimum Gasteiger partial charge on any atom is -0.379 e. The Labute approximate surface area is 151 Å². The molecule has 0 bridgehead atoms. The number of nitrogens with zero attached hydrogens (tertiary/aromatic N) is 1. The van der Waals surface area contributed by atoms with Gasteiger partial charge in [0, 0.05) is 42.8 Å². The minimum atomic E-state index is -0.362. The van der Waals surface area contributed by atoms with Gasteiger partial charge in [0.05, 0.1) is 18.8 Å². The van der Waals surface area contributed by atoms with Crippen LogP contribution in [-0.4, -0.2) is 37.1 Å². The summed E-state index contributed by atoms with van der Waals surface area (Å²) in [6.45, 7) is 4.39. The van der Waals surface area contributed by atoms with Crippen LogP contribution in [0.1, 0.15) is 11.1 Å². The lowest BCUT2D eigenvalue weighted by Gasteiger charge is -2.26. The van der Waals surface area contributed by atoms with Crippen molar-refractivity contribution in [2.45, 2.75) is 6.54 Å². The Kier molecular flexibility index (Phi) is 4.69. The Morgan fingerprint density at radius 3 is 2.69 bits per heavy atom. The van der Waals surface area contributed by atoms with E-state index >= 15 is 0 Å². The molecule has 5 nitrogen and oxygen atoms in total. The molecular weight excluding hydrogens is 333 g/mol. The second-order valence-corrected chi connectivity index (χ2v) is 6.43. The average molecular weight is 353 g/mol. The summed E-state index contributed by atoms with van der Waals surface area (Å²) >= 11 is 0.